The predicted octanol–water partition coefficient (Wildman–Crippen LogP) is -0.0104. The number of rotatable bonds is 1. The Morgan fingerprint density at radius 3 is 2.40 bits per heavy atom. The molecule has 1 saturated heterocycles. The third kappa shape index (κ3) is 1.70. The Hall–Kier alpha value is -0.570. The first kappa shape index (κ1) is 7.54. The highest BCUT2D eigenvalue weighted by molar-refractivity contribution is 5.47. The second-order valence-electron chi connectivity index (χ2n) is 3.14. The summed E-state index contributed by atoms with van der Waals surface area (Å²) in [7, 11) is 0. The fourth-order valence-corrected chi connectivity index (χ4v) is 1.11. The molecule has 1 aliphatic rings. The molecule has 0 spiro atoms. The van der Waals surface area contributed by atoms with Crippen LogP contribution < -0.4 is 0 Å². The number of piperidine rings is 1. The summed E-state index contributed by atoms with van der Waals surface area (Å²) in [4.78, 5) is 11.9. The minimum Gasteiger partial charge on any atom is -0.390 e. The number of aliphatic hydroxyl groups is 1. The standard InChI is InChI=1S/C7H13NO2/c1-7(10)2-4-8(6-9)5-3-7/h6,10H,2-5H2,1H3. The number of hydrogen-bond acceptors (Lipinski definition) is 2. The molecule has 0 aromatic rings. The highest BCUT2D eigenvalue weighted by atomic mass is 16.3. The van der Waals surface area contributed by atoms with Crippen LogP contribution in [0, 0.1) is 0 Å². The quantitative estimate of drug-likeness (QED) is 0.524. The smallest absolute Gasteiger partial charge is 0.209 e. The average Bonchev–Trinajstić information content (AvgIpc) is 1.88. The zero-order valence-corrected chi connectivity index (χ0v) is 6.21. The molecular weight excluding hydrogens is 130 g/mol. The molecule has 0 bridgehead atoms. The lowest BCUT2D eigenvalue weighted by atomic mass is 9.94. The molecule has 0 aromatic heterocycles. The Labute approximate surface area is 60.6 Å². The van der Waals surface area contributed by atoms with E-state index in [0.29, 0.717) is 25.9 Å². The van der Waals surface area contributed by atoms with E-state index in [0.717, 1.165) is 6.41 Å². The number of carbonyl (C=O) groups excluding carboxylic acids is 1. The van der Waals surface area contributed by atoms with Gasteiger partial charge in [-0.3, -0.25) is 4.79 Å². The number of nitrogens with zero attached hydrogens (tertiary/aromatic N) is 1. The highest BCUT2D eigenvalue weighted by Crippen LogP contribution is 2.19. The van der Waals surface area contributed by atoms with Crippen molar-refractivity contribution in [3.05, 3.63) is 0 Å². The summed E-state index contributed by atoms with van der Waals surface area (Å²) in [6.45, 7) is 3.20. The summed E-state index contributed by atoms with van der Waals surface area (Å²) in [5.41, 5.74) is -0.542. The van der Waals surface area contributed by atoms with Crippen LogP contribution in [-0.4, -0.2) is 35.1 Å². The van der Waals surface area contributed by atoms with E-state index in [-0.39, 0.29) is 0 Å². The minimum absolute atomic E-state index is 0.542. The SMILES string of the molecule is CC1(O)CCN(C=O)CC1. The molecule has 3 heteroatoms. The summed E-state index contributed by atoms with van der Waals surface area (Å²) in [5.74, 6) is 0. The van der Waals surface area contributed by atoms with Gasteiger partial charge >= 0.3 is 0 Å². The molecular formula is C7H13NO2. The van der Waals surface area contributed by atoms with E-state index in [1.54, 1.807) is 4.90 Å². The van der Waals surface area contributed by atoms with Crippen molar-refractivity contribution < 1.29 is 9.90 Å². The zero-order chi connectivity index (χ0) is 7.61. The van der Waals surface area contributed by atoms with Crippen LogP contribution in [0.1, 0.15) is 19.8 Å². The second kappa shape index (κ2) is 2.58. The van der Waals surface area contributed by atoms with Crippen molar-refractivity contribution in [1.82, 2.24) is 4.90 Å². The highest BCUT2D eigenvalue weighted by Gasteiger charge is 2.26. The van der Waals surface area contributed by atoms with Gasteiger partial charge in [-0.1, -0.05) is 0 Å². The van der Waals surface area contributed by atoms with Crippen molar-refractivity contribution in [2.45, 2.75) is 25.4 Å². The fraction of sp³-hybridized carbons (Fsp3) is 0.857. The van der Waals surface area contributed by atoms with E-state index in [1.165, 1.54) is 0 Å². The van der Waals surface area contributed by atoms with Crippen molar-refractivity contribution in [2.24, 2.45) is 0 Å². The van der Waals surface area contributed by atoms with E-state index in [2.05, 4.69) is 0 Å². The van der Waals surface area contributed by atoms with E-state index in [4.69, 9.17) is 0 Å². The third-order valence-corrected chi connectivity index (χ3v) is 2.02. The van der Waals surface area contributed by atoms with Crippen LogP contribution >= 0.6 is 0 Å². The average molecular weight is 143 g/mol. The van der Waals surface area contributed by atoms with E-state index in [1.807, 2.05) is 6.92 Å². The topological polar surface area (TPSA) is 40.5 Å². The molecule has 1 fully saturated rings. The van der Waals surface area contributed by atoms with Gasteiger partial charge in [0, 0.05) is 13.1 Å². The van der Waals surface area contributed by atoms with Gasteiger partial charge in [0.2, 0.25) is 6.41 Å². The molecule has 0 aliphatic carbocycles. The lowest BCUT2D eigenvalue weighted by Crippen LogP contribution is -2.41. The van der Waals surface area contributed by atoms with Crippen LogP contribution in [0.5, 0.6) is 0 Å². The van der Waals surface area contributed by atoms with Gasteiger partial charge in [-0.05, 0) is 19.8 Å². The summed E-state index contributed by atoms with van der Waals surface area (Å²) >= 11 is 0. The van der Waals surface area contributed by atoms with Gasteiger partial charge in [-0.2, -0.15) is 0 Å². The molecule has 1 heterocycles. The zero-order valence-electron chi connectivity index (χ0n) is 6.21. The van der Waals surface area contributed by atoms with Crippen LogP contribution in [0.25, 0.3) is 0 Å². The molecule has 3 nitrogen and oxygen atoms in total. The monoisotopic (exact) mass is 143 g/mol. The van der Waals surface area contributed by atoms with E-state index in [9.17, 15) is 9.90 Å². The van der Waals surface area contributed by atoms with Crippen molar-refractivity contribution in [3.8, 4) is 0 Å². The van der Waals surface area contributed by atoms with Gasteiger partial charge in [-0.25, -0.2) is 0 Å². The number of hydrogen-bond donors (Lipinski definition) is 1. The van der Waals surface area contributed by atoms with Crippen molar-refractivity contribution in [2.75, 3.05) is 13.1 Å². The Bertz CT molecular complexity index is 124. The first-order valence-corrected chi connectivity index (χ1v) is 3.56. The summed E-state index contributed by atoms with van der Waals surface area (Å²) in [5, 5.41) is 9.45. The van der Waals surface area contributed by atoms with Crippen molar-refractivity contribution in [3.63, 3.8) is 0 Å². The third-order valence-electron chi connectivity index (χ3n) is 2.02. The van der Waals surface area contributed by atoms with Gasteiger partial charge in [0.1, 0.15) is 0 Å². The van der Waals surface area contributed by atoms with Gasteiger partial charge < -0.3 is 10.0 Å². The molecule has 0 unspecified atom stereocenters. The van der Waals surface area contributed by atoms with Crippen LogP contribution in [-0.2, 0) is 4.79 Å². The summed E-state index contributed by atoms with van der Waals surface area (Å²) < 4.78 is 0. The Morgan fingerprint density at radius 1 is 1.50 bits per heavy atom. The normalized spacial score (nSPS) is 24.4. The van der Waals surface area contributed by atoms with E-state index < -0.39 is 5.60 Å². The maximum absolute atomic E-state index is 10.2. The van der Waals surface area contributed by atoms with Crippen LogP contribution in [0.3, 0.4) is 0 Å². The molecule has 0 aromatic carbocycles. The molecule has 0 radical (unpaired) electrons. The fourth-order valence-electron chi connectivity index (χ4n) is 1.11. The maximum atomic E-state index is 10.2. The minimum atomic E-state index is -0.542. The van der Waals surface area contributed by atoms with Crippen molar-refractivity contribution >= 4 is 6.41 Å². The Balaban J connectivity index is 2.38. The molecule has 1 rings (SSSR count). The maximum Gasteiger partial charge on any atom is 0.209 e. The molecule has 0 atom stereocenters. The van der Waals surface area contributed by atoms with Crippen LogP contribution in [0.15, 0.2) is 0 Å². The van der Waals surface area contributed by atoms with Gasteiger partial charge in [-0.15, -0.1) is 0 Å². The molecule has 1 amide bonds. The van der Waals surface area contributed by atoms with Crippen LogP contribution in [0.4, 0.5) is 0 Å². The second-order valence-corrected chi connectivity index (χ2v) is 3.14. The molecule has 58 valence electrons. The lowest BCUT2D eigenvalue weighted by molar-refractivity contribution is -0.121. The Kier molecular flexibility index (Phi) is 1.94. The van der Waals surface area contributed by atoms with Crippen molar-refractivity contribution in [1.29, 1.82) is 0 Å². The van der Waals surface area contributed by atoms with Gasteiger partial charge in [0.05, 0.1) is 5.60 Å². The predicted molar refractivity (Wildman–Crippen MR) is 37.5 cm³/mol. The van der Waals surface area contributed by atoms with Gasteiger partial charge in [0.25, 0.3) is 0 Å². The Morgan fingerprint density at radius 2 is 2.00 bits per heavy atom. The lowest BCUT2D eigenvalue weighted by Gasteiger charge is -2.33. The first-order chi connectivity index (χ1) is 4.64. The molecule has 1 aliphatic heterocycles. The van der Waals surface area contributed by atoms with E-state index >= 15 is 0 Å². The summed E-state index contributed by atoms with van der Waals surface area (Å²) in [6, 6.07) is 0. The van der Waals surface area contributed by atoms with Crippen LogP contribution in [0.2, 0.25) is 0 Å². The molecule has 0 saturated carbocycles. The molecule has 10 heavy (non-hydrogen) atoms. The largest absolute Gasteiger partial charge is 0.390 e. The number of amides is 1. The number of likely N-dealkylation sites (tertiary alicyclic amines) is 1. The molecule has 1 N–H and O–H groups in total. The number of carbonyl (C=O) groups is 1. The van der Waals surface area contributed by atoms with Gasteiger partial charge in [0.15, 0.2) is 0 Å². The summed E-state index contributed by atoms with van der Waals surface area (Å²) in [6.07, 6.45) is 2.24. The first-order valence-electron chi connectivity index (χ1n) is 3.56.